The van der Waals surface area contributed by atoms with Crippen molar-refractivity contribution in [3.63, 3.8) is 0 Å². The monoisotopic (exact) mass is 384 g/mol. The molecular formula is C23H29FN2O2. The van der Waals surface area contributed by atoms with E-state index in [4.69, 9.17) is 0 Å². The molecule has 2 atom stereocenters. The molecule has 0 aliphatic rings. The first kappa shape index (κ1) is 21.6. The summed E-state index contributed by atoms with van der Waals surface area (Å²) in [5.74, 6) is -0.653. The summed E-state index contributed by atoms with van der Waals surface area (Å²) in [6.45, 7) is 7.89. The largest absolute Gasteiger partial charge is 0.352 e. The molecule has 1 N–H and O–H groups in total. The van der Waals surface area contributed by atoms with Gasteiger partial charge in [0.1, 0.15) is 11.9 Å². The van der Waals surface area contributed by atoms with Crippen molar-refractivity contribution in [2.75, 3.05) is 0 Å². The van der Waals surface area contributed by atoms with Gasteiger partial charge < -0.3 is 10.2 Å². The highest BCUT2D eigenvalue weighted by Gasteiger charge is 2.26. The Labute approximate surface area is 166 Å². The number of halogens is 1. The number of carbonyl (C=O) groups is 2. The van der Waals surface area contributed by atoms with Gasteiger partial charge in [-0.05, 0) is 50.5 Å². The molecule has 0 aliphatic carbocycles. The van der Waals surface area contributed by atoms with Crippen LogP contribution in [0.2, 0.25) is 0 Å². The summed E-state index contributed by atoms with van der Waals surface area (Å²) in [7, 11) is 0. The first-order valence-corrected chi connectivity index (χ1v) is 9.70. The summed E-state index contributed by atoms with van der Waals surface area (Å²) in [5.41, 5.74) is 2.77. The van der Waals surface area contributed by atoms with Crippen LogP contribution < -0.4 is 5.32 Å². The average molecular weight is 384 g/mol. The van der Waals surface area contributed by atoms with Crippen LogP contribution in [0.1, 0.15) is 43.9 Å². The third-order valence-corrected chi connectivity index (χ3v) is 4.87. The van der Waals surface area contributed by atoms with E-state index < -0.39 is 6.04 Å². The van der Waals surface area contributed by atoms with E-state index in [9.17, 15) is 14.0 Å². The Morgan fingerprint density at radius 2 is 1.75 bits per heavy atom. The van der Waals surface area contributed by atoms with Crippen LogP contribution in [-0.4, -0.2) is 28.8 Å². The Bertz CT molecular complexity index is 805. The first-order chi connectivity index (χ1) is 13.3. The molecule has 2 rings (SSSR count). The van der Waals surface area contributed by atoms with Gasteiger partial charge in [-0.3, -0.25) is 9.59 Å². The standard InChI is InChI=1S/C23H29FN2O2/c1-5-17(3)25-23(28)18(4)26(15-19-9-11-21(24)12-10-19)22(27)14-20-8-6-7-16(2)13-20/h6-13,17-18H,5,14-15H2,1-4H3,(H,25,28)/t17-,18+/m1/s1. The maximum absolute atomic E-state index is 13.2. The average Bonchev–Trinajstić information content (AvgIpc) is 2.66. The zero-order chi connectivity index (χ0) is 20.7. The topological polar surface area (TPSA) is 49.4 Å². The van der Waals surface area contributed by atoms with Crippen molar-refractivity contribution >= 4 is 11.8 Å². The molecular weight excluding hydrogens is 355 g/mol. The fourth-order valence-corrected chi connectivity index (χ4v) is 2.93. The van der Waals surface area contributed by atoms with Crippen LogP contribution in [0.15, 0.2) is 48.5 Å². The van der Waals surface area contributed by atoms with Crippen LogP contribution in [0, 0.1) is 12.7 Å². The van der Waals surface area contributed by atoms with Gasteiger partial charge in [0.05, 0.1) is 6.42 Å². The Kier molecular flexibility index (Phi) is 7.73. The Hall–Kier alpha value is -2.69. The van der Waals surface area contributed by atoms with E-state index in [0.717, 1.165) is 23.1 Å². The number of hydrogen-bond donors (Lipinski definition) is 1. The van der Waals surface area contributed by atoms with Gasteiger partial charge in [-0.2, -0.15) is 0 Å². The smallest absolute Gasteiger partial charge is 0.242 e. The molecule has 0 bridgehead atoms. The van der Waals surface area contributed by atoms with Crippen molar-refractivity contribution in [1.29, 1.82) is 0 Å². The lowest BCUT2D eigenvalue weighted by Gasteiger charge is -2.30. The molecule has 0 saturated carbocycles. The molecule has 0 aromatic heterocycles. The van der Waals surface area contributed by atoms with Crippen molar-refractivity contribution < 1.29 is 14.0 Å². The fourth-order valence-electron chi connectivity index (χ4n) is 2.93. The Morgan fingerprint density at radius 1 is 1.07 bits per heavy atom. The number of carbonyl (C=O) groups excluding carboxylic acids is 2. The first-order valence-electron chi connectivity index (χ1n) is 9.70. The number of aryl methyl sites for hydroxylation is 1. The van der Waals surface area contributed by atoms with Gasteiger partial charge in [0.15, 0.2) is 0 Å². The van der Waals surface area contributed by atoms with Crippen molar-refractivity contribution in [1.82, 2.24) is 10.2 Å². The number of nitrogens with zero attached hydrogens (tertiary/aromatic N) is 1. The second kappa shape index (κ2) is 10.0. The predicted octanol–water partition coefficient (Wildman–Crippen LogP) is 4.01. The zero-order valence-corrected chi connectivity index (χ0v) is 17.0. The molecule has 28 heavy (non-hydrogen) atoms. The van der Waals surface area contributed by atoms with Crippen molar-refractivity contribution in [2.45, 2.75) is 59.2 Å². The van der Waals surface area contributed by atoms with E-state index in [1.54, 1.807) is 24.0 Å². The third-order valence-electron chi connectivity index (χ3n) is 4.87. The number of amides is 2. The van der Waals surface area contributed by atoms with Gasteiger partial charge in [0, 0.05) is 12.6 Å². The van der Waals surface area contributed by atoms with E-state index in [1.807, 2.05) is 45.0 Å². The number of nitrogens with one attached hydrogen (secondary N) is 1. The fraction of sp³-hybridized carbons (Fsp3) is 0.391. The van der Waals surface area contributed by atoms with Gasteiger partial charge in [-0.1, -0.05) is 48.9 Å². The molecule has 5 heteroatoms. The van der Waals surface area contributed by atoms with Crippen LogP contribution >= 0.6 is 0 Å². The summed E-state index contributed by atoms with van der Waals surface area (Å²) in [5, 5.41) is 2.94. The van der Waals surface area contributed by atoms with Crippen LogP contribution in [0.25, 0.3) is 0 Å². The van der Waals surface area contributed by atoms with Crippen molar-refractivity contribution in [3.8, 4) is 0 Å². The highest BCUT2D eigenvalue weighted by molar-refractivity contribution is 5.88. The molecule has 0 aliphatic heterocycles. The summed E-state index contributed by atoms with van der Waals surface area (Å²) in [6.07, 6.45) is 1.03. The highest BCUT2D eigenvalue weighted by Crippen LogP contribution is 2.14. The maximum atomic E-state index is 13.2. The third kappa shape index (κ3) is 6.19. The SMILES string of the molecule is CC[C@@H](C)NC(=O)[C@H](C)N(Cc1ccc(F)cc1)C(=O)Cc1cccc(C)c1. The van der Waals surface area contributed by atoms with Crippen LogP contribution in [0.4, 0.5) is 4.39 Å². The molecule has 2 aromatic rings. The molecule has 0 spiro atoms. The lowest BCUT2D eigenvalue weighted by Crippen LogP contribution is -2.49. The molecule has 0 saturated heterocycles. The van der Waals surface area contributed by atoms with E-state index in [0.29, 0.717) is 0 Å². The van der Waals surface area contributed by atoms with Crippen LogP contribution in [-0.2, 0) is 22.6 Å². The highest BCUT2D eigenvalue weighted by atomic mass is 19.1. The summed E-state index contributed by atoms with van der Waals surface area (Å²) in [4.78, 5) is 27.3. The van der Waals surface area contributed by atoms with E-state index >= 15 is 0 Å². The minimum Gasteiger partial charge on any atom is -0.352 e. The Balaban J connectivity index is 2.22. The predicted molar refractivity (Wildman–Crippen MR) is 109 cm³/mol. The quantitative estimate of drug-likeness (QED) is 0.748. The molecule has 4 nitrogen and oxygen atoms in total. The Morgan fingerprint density at radius 3 is 2.36 bits per heavy atom. The molecule has 0 heterocycles. The lowest BCUT2D eigenvalue weighted by molar-refractivity contribution is -0.140. The van der Waals surface area contributed by atoms with Gasteiger partial charge in [-0.25, -0.2) is 4.39 Å². The van der Waals surface area contributed by atoms with Gasteiger partial charge >= 0.3 is 0 Å². The molecule has 0 radical (unpaired) electrons. The van der Waals surface area contributed by atoms with E-state index in [2.05, 4.69) is 5.32 Å². The van der Waals surface area contributed by atoms with Crippen molar-refractivity contribution in [3.05, 3.63) is 71.0 Å². The second-order valence-electron chi connectivity index (χ2n) is 7.31. The molecule has 2 aromatic carbocycles. The molecule has 0 fully saturated rings. The van der Waals surface area contributed by atoms with E-state index in [-0.39, 0.29) is 36.6 Å². The number of hydrogen-bond acceptors (Lipinski definition) is 2. The van der Waals surface area contributed by atoms with Crippen molar-refractivity contribution in [2.24, 2.45) is 0 Å². The normalized spacial score (nSPS) is 12.9. The van der Waals surface area contributed by atoms with Gasteiger partial charge in [-0.15, -0.1) is 0 Å². The summed E-state index contributed by atoms with van der Waals surface area (Å²) >= 11 is 0. The molecule has 0 unspecified atom stereocenters. The zero-order valence-electron chi connectivity index (χ0n) is 17.0. The van der Waals surface area contributed by atoms with Crippen LogP contribution in [0.3, 0.4) is 0 Å². The lowest BCUT2D eigenvalue weighted by atomic mass is 10.1. The summed E-state index contributed by atoms with van der Waals surface area (Å²) in [6, 6.07) is 13.2. The minimum absolute atomic E-state index is 0.0366. The van der Waals surface area contributed by atoms with Gasteiger partial charge in [0.2, 0.25) is 11.8 Å². The van der Waals surface area contributed by atoms with Crippen LogP contribution in [0.5, 0.6) is 0 Å². The molecule has 150 valence electrons. The molecule has 2 amide bonds. The maximum Gasteiger partial charge on any atom is 0.242 e. The second-order valence-corrected chi connectivity index (χ2v) is 7.31. The number of rotatable bonds is 8. The van der Waals surface area contributed by atoms with E-state index in [1.165, 1.54) is 12.1 Å². The summed E-state index contributed by atoms with van der Waals surface area (Å²) < 4.78 is 13.2. The van der Waals surface area contributed by atoms with Gasteiger partial charge in [0.25, 0.3) is 0 Å². The minimum atomic E-state index is -0.628. The number of benzene rings is 2.